The van der Waals surface area contributed by atoms with E-state index in [0.717, 1.165) is 24.8 Å². The van der Waals surface area contributed by atoms with Gasteiger partial charge in [-0.2, -0.15) is 0 Å². The number of esters is 1. The highest BCUT2D eigenvalue weighted by molar-refractivity contribution is 5.70. The van der Waals surface area contributed by atoms with Crippen molar-refractivity contribution in [2.24, 2.45) is 17.8 Å². The van der Waals surface area contributed by atoms with Gasteiger partial charge in [-0.15, -0.1) is 0 Å². The maximum Gasteiger partial charge on any atom is 0.306 e. The van der Waals surface area contributed by atoms with Crippen molar-refractivity contribution in [3.63, 3.8) is 0 Å². The summed E-state index contributed by atoms with van der Waals surface area (Å²) in [5, 5.41) is 0. The van der Waals surface area contributed by atoms with E-state index in [4.69, 9.17) is 14.2 Å². The molecule has 5 heteroatoms. The van der Waals surface area contributed by atoms with E-state index in [1.54, 1.807) is 13.3 Å². The molecule has 4 unspecified atom stereocenters. The average Bonchev–Trinajstić information content (AvgIpc) is 2.74. The molecule has 0 N–H and O–H groups in total. The van der Waals surface area contributed by atoms with E-state index in [0.29, 0.717) is 30.1 Å². The maximum atomic E-state index is 12.4. The molecule has 1 aromatic rings. The van der Waals surface area contributed by atoms with Crippen LogP contribution in [0.5, 0.6) is 5.88 Å². The van der Waals surface area contributed by atoms with E-state index < -0.39 is 11.2 Å². The molecule has 0 saturated heterocycles. The summed E-state index contributed by atoms with van der Waals surface area (Å²) in [7, 11) is 1.70. The first-order valence-corrected chi connectivity index (χ1v) is 10.8. The summed E-state index contributed by atoms with van der Waals surface area (Å²) in [6.45, 7) is 14.3. The summed E-state index contributed by atoms with van der Waals surface area (Å²) in [5.41, 5.74) is 0.0495. The Balaban J connectivity index is 2.09. The first-order valence-electron chi connectivity index (χ1n) is 10.8. The molecule has 1 aromatic heterocycles. The number of hydrogen-bond acceptors (Lipinski definition) is 5. The van der Waals surface area contributed by atoms with Gasteiger partial charge in [0.1, 0.15) is 11.7 Å². The van der Waals surface area contributed by atoms with Gasteiger partial charge >= 0.3 is 5.97 Å². The molecular formula is C24H39NO4. The molecule has 0 aromatic carbocycles. The van der Waals surface area contributed by atoms with Crippen LogP contribution >= 0.6 is 0 Å². The van der Waals surface area contributed by atoms with E-state index in [1.165, 1.54) is 0 Å². The standard InChI is InChI=1S/C24H39NO4/c1-16-11-12-18(14-17(2)19(16)15-21(26)29-23(3,4)5)28-22-20(10-9-13-25-22)24(6,7)27-8/h9-10,13,16-19H,11-12,14-15H2,1-8H3. The van der Waals surface area contributed by atoms with Gasteiger partial charge in [0.25, 0.3) is 0 Å². The highest BCUT2D eigenvalue weighted by Crippen LogP contribution is 2.38. The summed E-state index contributed by atoms with van der Waals surface area (Å²) >= 11 is 0. The van der Waals surface area contributed by atoms with Crippen molar-refractivity contribution in [2.45, 2.75) is 91.5 Å². The number of carbonyl (C=O) groups is 1. The zero-order chi connectivity index (χ0) is 21.8. The van der Waals surface area contributed by atoms with E-state index in [1.807, 2.05) is 46.8 Å². The van der Waals surface area contributed by atoms with Gasteiger partial charge in [-0.05, 0) is 83.8 Å². The quantitative estimate of drug-likeness (QED) is 0.461. The van der Waals surface area contributed by atoms with Crippen LogP contribution < -0.4 is 4.74 Å². The molecule has 0 radical (unpaired) electrons. The minimum Gasteiger partial charge on any atom is -0.474 e. The van der Waals surface area contributed by atoms with E-state index in [9.17, 15) is 4.79 Å². The van der Waals surface area contributed by atoms with Crippen LogP contribution in [0.3, 0.4) is 0 Å². The lowest BCUT2D eigenvalue weighted by Crippen LogP contribution is -2.29. The summed E-state index contributed by atoms with van der Waals surface area (Å²) < 4.78 is 17.6. The monoisotopic (exact) mass is 405 g/mol. The van der Waals surface area contributed by atoms with Crippen LogP contribution in [-0.2, 0) is 19.9 Å². The Morgan fingerprint density at radius 2 is 1.83 bits per heavy atom. The molecule has 5 nitrogen and oxygen atoms in total. The first-order chi connectivity index (χ1) is 13.4. The molecule has 0 amide bonds. The Hall–Kier alpha value is -1.62. The molecule has 0 bridgehead atoms. The third-order valence-corrected chi connectivity index (χ3v) is 6.07. The third-order valence-electron chi connectivity index (χ3n) is 6.07. The van der Waals surface area contributed by atoms with Crippen molar-refractivity contribution in [2.75, 3.05) is 7.11 Å². The van der Waals surface area contributed by atoms with Crippen LogP contribution in [0, 0.1) is 17.8 Å². The molecule has 1 fully saturated rings. The van der Waals surface area contributed by atoms with Crippen LogP contribution in [0.15, 0.2) is 18.3 Å². The number of ether oxygens (including phenoxy) is 3. The molecule has 1 saturated carbocycles. The van der Waals surface area contributed by atoms with Gasteiger partial charge < -0.3 is 14.2 Å². The van der Waals surface area contributed by atoms with Gasteiger partial charge in [0.15, 0.2) is 0 Å². The molecule has 0 spiro atoms. The van der Waals surface area contributed by atoms with Gasteiger partial charge in [-0.25, -0.2) is 4.98 Å². The predicted octanol–water partition coefficient (Wildman–Crippen LogP) is 5.51. The summed E-state index contributed by atoms with van der Waals surface area (Å²) in [4.78, 5) is 16.9. The lowest BCUT2D eigenvalue weighted by Gasteiger charge is -2.29. The number of pyridine rings is 1. The Bertz CT molecular complexity index is 680. The van der Waals surface area contributed by atoms with Crippen molar-refractivity contribution in [1.82, 2.24) is 4.98 Å². The second-order valence-electron chi connectivity index (χ2n) is 10.0. The highest BCUT2D eigenvalue weighted by atomic mass is 16.6. The summed E-state index contributed by atoms with van der Waals surface area (Å²) in [6, 6.07) is 3.93. The van der Waals surface area contributed by atoms with Gasteiger partial charge in [0.05, 0.1) is 5.60 Å². The van der Waals surface area contributed by atoms with Crippen LogP contribution in [-0.4, -0.2) is 29.8 Å². The number of rotatable bonds is 6. The van der Waals surface area contributed by atoms with Gasteiger partial charge in [-0.3, -0.25) is 4.79 Å². The molecule has 29 heavy (non-hydrogen) atoms. The topological polar surface area (TPSA) is 57.7 Å². The van der Waals surface area contributed by atoms with Crippen molar-refractivity contribution in [3.05, 3.63) is 23.9 Å². The number of methoxy groups -OCH3 is 1. The minimum absolute atomic E-state index is 0.0809. The van der Waals surface area contributed by atoms with Crippen molar-refractivity contribution in [1.29, 1.82) is 0 Å². The van der Waals surface area contributed by atoms with Crippen molar-refractivity contribution < 1.29 is 19.0 Å². The molecule has 1 aliphatic rings. The lowest BCUT2D eigenvalue weighted by atomic mass is 9.80. The summed E-state index contributed by atoms with van der Waals surface area (Å²) in [6.07, 6.45) is 5.20. The SMILES string of the molecule is COC(C)(C)c1cccnc1OC1CCC(C)C(CC(=O)OC(C)(C)C)C(C)C1. The fourth-order valence-electron chi connectivity index (χ4n) is 4.23. The molecular weight excluding hydrogens is 366 g/mol. The van der Waals surface area contributed by atoms with E-state index in [-0.39, 0.29) is 12.1 Å². The zero-order valence-corrected chi connectivity index (χ0v) is 19.5. The van der Waals surface area contributed by atoms with Gasteiger partial charge in [0, 0.05) is 25.3 Å². The van der Waals surface area contributed by atoms with Crippen LogP contribution in [0.1, 0.15) is 79.7 Å². The largest absolute Gasteiger partial charge is 0.474 e. The lowest BCUT2D eigenvalue weighted by molar-refractivity contribution is -0.157. The molecule has 164 valence electrons. The fourth-order valence-corrected chi connectivity index (χ4v) is 4.23. The minimum atomic E-state index is -0.466. The predicted molar refractivity (Wildman–Crippen MR) is 115 cm³/mol. The number of hydrogen-bond donors (Lipinski definition) is 0. The van der Waals surface area contributed by atoms with Gasteiger partial charge in [-0.1, -0.05) is 13.8 Å². The molecule has 0 aliphatic heterocycles. The second kappa shape index (κ2) is 9.46. The maximum absolute atomic E-state index is 12.4. The fraction of sp³-hybridized carbons (Fsp3) is 0.750. The summed E-state index contributed by atoms with van der Waals surface area (Å²) in [5.74, 6) is 1.67. The molecule has 2 rings (SSSR count). The first kappa shape index (κ1) is 23.7. The Labute approximate surface area is 176 Å². The highest BCUT2D eigenvalue weighted by Gasteiger charge is 2.34. The normalized spacial score (nSPS) is 25.9. The smallest absolute Gasteiger partial charge is 0.306 e. The van der Waals surface area contributed by atoms with E-state index in [2.05, 4.69) is 18.8 Å². The number of nitrogens with zero attached hydrogens (tertiary/aromatic N) is 1. The van der Waals surface area contributed by atoms with Crippen molar-refractivity contribution in [3.8, 4) is 5.88 Å². The van der Waals surface area contributed by atoms with Crippen LogP contribution in [0.2, 0.25) is 0 Å². The van der Waals surface area contributed by atoms with Gasteiger partial charge in [0.2, 0.25) is 5.88 Å². The average molecular weight is 406 g/mol. The molecule has 1 aliphatic carbocycles. The zero-order valence-electron chi connectivity index (χ0n) is 19.5. The number of aromatic nitrogens is 1. The van der Waals surface area contributed by atoms with E-state index >= 15 is 0 Å². The Kier molecular flexibility index (Phi) is 7.72. The van der Waals surface area contributed by atoms with Crippen molar-refractivity contribution >= 4 is 5.97 Å². The second-order valence-corrected chi connectivity index (χ2v) is 10.0. The Morgan fingerprint density at radius 3 is 2.45 bits per heavy atom. The molecule has 1 heterocycles. The Morgan fingerprint density at radius 1 is 1.14 bits per heavy atom. The third kappa shape index (κ3) is 6.70. The van der Waals surface area contributed by atoms with Crippen LogP contribution in [0.25, 0.3) is 0 Å². The van der Waals surface area contributed by atoms with Crippen LogP contribution in [0.4, 0.5) is 0 Å². The number of carbonyl (C=O) groups excluding carboxylic acids is 1. The molecule has 4 atom stereocenters.